The van der Waals surface area contributed by atoms with Crippen molar-refractivity contribution in [1.29, 1.82) is 0 Å². The summed E-state index contributed by atoms with van der Waals surface area (Å²) in [5.74, 6) is -2.18. The first kappa shape index (κ1) is 45.9. The first-order chi connectivity index (χ1) is 26.5. The SMILES string of the molecule is CCCOCCOCCOCCNC(=O)[C@H](CCN(C(=O)CO)[C@@H](c1nc(-c2cc(F)ccc2F)cn1Cc1ccccc1)C(C)(C)C)NC(=O)OC(C)(C)C. The topological polar surface area (TPSA) is 153 Å². The standard InChI is InChI=1S/C41H59F2N5O8/c1-8-19-53-21-23-55-24-22-54-20-17-44-38(51)33(46-39(52)56-41(5,6)7)16-18-48(35(50)28-49)36(40(2,3)4)37-45-34(31-25-30(42)14-15-32(31)43)27-47(37)26-29-12-10-9-11-13-29/h9-15,25,27,33,36,49H,8,16-24,26,28H2,1-7H3,(H,44,51)(H,46,52)/t33-,36-/m0/s1. The third-order valence-corrected chi connectivity index (χ3v) is 8.34. The van der Waals surface area contributed by atoms with Gasteiger partial charge in [0.15, 0.2) is 0 Å². The summed E-state index contributed by atoms with van der Waals surface area (Å²) in [6, 6.07) is 10.5. The van der Waals surface area contributed by atoms with Gasteiger partial charge < -0.3 is 44.2 Å². The number of aliphatic hydroxyl groups is 1. The van der Waals surface area contributed by atoms with E-state index in [9.17, 15) is 23.9 Å². The molecule has 0 radical (unpaired) electrons. The van der Waals surface area contributed by atoms with Crippen LogP contribution in [0, 0.1) is 17.0 Å². The first-order valence-corrected chi connectivity index (χ1v) is 19.0. The highest BCUT2D eigenvalue weighted by molar-refractivity contribution is 5.86. The van der Waals surface area contributed by atoms with Gasteiger partial charge in [0, 0.05) is 38.0 Å². The number of aromatic nitrogens is 2. The molecule has 15 heteroatoms. The zero-order chi connectivity index (χ0) is 41.3. The lowest BCUT2D eigenvalue weighted by Crippen LogP contribution is -2.51. The fourth-order valence-electron chi connectivity index (χ4n) is 5.90. The number of alkyl carbamates (subject to hydrolysis) is 1. The maximum absolute atomic E-state index is 15.1. The smallest absolute Gasteiger partial charge is 0.408 e. The number of aliphatic hydroxyl groups excluding tert-OH is 1. The molecule has 3 amide bonds. The monoisotopic (exact) mass is 787 g/mol. The van der Waals surface area contributed by atoms with Gasteiger partial charge in [0.25, 0.3) is 0 Å². The van der Waals surface area contributed by atoms with Crippen molar-refractivity contribution >= 4 is 17.9 Å². The summed E-state index contributed by atoms with van der Waals surface area (Å²) >= 11 is 0. The van der Waals surface area contributed by atoms with Crippen molar-refractivity contribution in [3.05, 3.63) is 77.8 Å². The number of nitrogens with one attached hydrogen (secondary N) is 2. The minimum absolute atomic E-state index is 0.0578. The molecule has 3 rings (SSSR count). The number of benzene rings is 2. The zero-order valence-electron chi connectivity index (χ0n) is 33.7. The molecule has 1 heterocycles. The molecule has 3 N–H and O–H groups in total. The second kappa shape index (κ2) is 22.3. The van der Waals surface area contributed by atoms with E-state index in [1.165, 1.54) is 4.90 Å². The molecule has 1 aromatic heterocycles. The molecule has 56 heavy (non-hydrogen) atoms. The molecule has 3 aromatic rings. The number of hydrogen-bond donors (Lipinski definition) is 3. The van der Waals surface area contributed by atoms with Crippen molar-refractivity contribution in [2.24, 2.45) is 5.41 Å². The van der Waals surface area contributed by atoms with E-state index in [0.29, 0.717) is 38.9 Å². The molecule has 0 saturated heterocycles. The van der Waals surface area contributed by atoms with Crippen molar-refractivity contribution in [2.45, 2.75) is 85.5 Å². The van der Waals surface area contributed by atoms with Crippen LogP contribution in [0.3, 0.4) is 0 Å². The van der Waals surface area contributed by atoms with Crippen molar-refractivity contribution in [3.63, 3.8) is 0 Å². The third kappa shape index (κ3) is 15.2. The van der Waals surface area contributed by atoms with E-state index in [-0.39, 0.29) is 43.9 Å². The van der Waals surface area contributed by atoms with Crippen LogP contribution in [0.4, 0.5) is 13.6 Å². The van der Waals surface area contributed by atoms with Crippen LogP contribution < -0.4 is 10.6 Å². The average Bonchev–Trinajstić information content (AvgIpc) is 3.53. The van der Waals surface area contributed by atoms with E-state index in [1.807, 2.05) is 58.0 Å². The summed E-state index contributed by atoms with van der Waals surface area (Å²) in [6.07, 6.45) is 1.63. The fourth-order valence-corrected chi connectivity index (χ4v) is 5.90. The lowest BCUT2D eigenvalue weighted by molar-refractivity contribution is -0.140. The summed E-state index contributed by atoms with van der Waals surface area (Å²) in [4.78, 5) is 46.4. The minimum atomic E-state index is -1.16. The molecule has 0 aliphatic rings. The van der Waals surface area contributed by atoms with Crippen molar-refractivity contribution < 1.29 is 47.2 Å². The van der Waals surface area contributed by atoms with E-state index >= 15 is 4.39 Å². The summed E-state index contributed by atoms with van der Waals surface area (Å²) in [7, 11) is 0. The van der Waals surface area contributed by atoms with Crippen LogP contribution >= 0.6 is 0 Å². The molecule has 0 spiro atoms. The van der Waals surface area contributed by atoms with Crippen LogP contribution in [-0.4, -0.2) is 108 Å². The Hall–Kier alpha value is -4.44. The first-order valence-electron chi connectivity index (χ1n) is 19.0. The molecule has 13 nitrogen and oxygen atoms in total. The lowest BCUT2D eigenvalue weighted by Gasteiger charge is -2.40. The highest BCUT2D eigenvalue weighted by Gasteiger charge is 2.39. The van der Waals surface area contributed by atoms with Crippen LogP contribution in [0.15, 0.2) is 54.7 Å². The number of halogens is 2. The second-order valence-electron chi connectivity index (χ2n) is 15.4. The van der Waals surface area contributed by atoms with Crippen molar-refractivity contribution in [2.75, 3.05) is 59.3 Å². The Morgan fingerprint density at radius 2 is 1.55 bits per heavy atom. The number of nitrogens with zero attached hydrogens (tertiary/aromatic N) is 3. The summed E-state index contributed by atoms with van der Waals surface area (Å²) in [5, 5.41) is 15.6. The molecule has 310 valence electrons. The summed E-state index contributed by atoms with van der Waals surface area (Å²) in [5.41, 5.74) is -0.622. The summed E-state index contributed by atoms with van der Waals surface area (Å²) in [6.45, 7) is 14.7. The molecule has 0 fully saturated rings. The molecule has 2 atom stereocenters. The summed E-state index contributed by atoms with van der Waals surface area (Å²) < 4.78 is 53.1. The predicted molar refractivity (Wildman–Crippen MR) is 208 cm³/mol. The molecular weight excluding hydrogens is 728 g/mol. The second-order valence-corrected chi connectivity index (χ2v) is 15.4. The maximum atomic E-state index is 15.1. The lowest BCUT2D eigenvalue weighted by atomic mass is 9.84. The predicted octanol–water partition coefficient (Wildman–Crippen LogP) is 5.64. The van der Waals surface area contributed by atoms with Gasteiger partial charge in [0.05, 0.1) is 44.8 Å². The van der Waals surface area contributed by atoms with Gasteiger partial charge in [-0.15, -0.1) is 0 Å². The van der Waals surface area contributed by atoms with Crippen LogP contribution in [0.1, 0.15) is 78.7 Å². The van der Waals surface area contributed by atoms with Crippen LogP contribution in [0.25, 0.3) is 11.3 Å². The highest BCUT2D eigenvalue weighted by atomic mass is 19.1. The Kier molecular flexibility index (Phi) is 18.3. The van der Waals surface area contributed by atoms with Gasteiger partial charge in [-0.1, -0.05) is 58.0 Å². The van der Waals surface area contributed by atoms with Crippen LogP contribution in [0.5, 0.6) is 0 Å². The van der Waals surface area contributed by atoms with E-state index in [1.54, 1.807) is 31.5 Å². The molecule has 0 unspecified atom stereocenters. The number of rotatable bonds is 22. The van der Waals surface area contributed by atoms with Gasteiger partial charge in [-0.05, 0) is 62.8 Å². The molecule has 0 saturated carbocycles. The minimum Gasteiger partial charge on any atom is -0.444 e. The maximum Gasteiger partial charge on any atom is 0.408 e. The van der Waals surface area contributed by atoms with E-state index in [2.05, 4.69) is 10.6 Å². The van der Waals surface area contributed by atoms with Crippen LogP contribution in [0.2, 0.25) is 0 Å². The normalized spacial score (nSPS) is 12.9. The van der Waals surface area contributed by atoms with Gasteiger partial charge in [0.2, 0.25) is 11.8 Å². The van der Waals surface area contributed by atoms with E-state index in [0.717, 1.165) is 30.2 Å². The van der Waals surface area contributed by atoms with Gasteiger partial charge in [0.1, 0.15) is 35.7 Å². The molecule has 0 aliphatic heterocycles. The number of amides is 3. The van der Waals surface area contributed by atoms with Gasteiger partial charge in [-0.25, -0.2) is 18.6 Å². The number of carbonyl (C=O) groups excluding carboxylic acids is 3. The highest BCUT2D eigenvalue weighted by Crippen LogP contribution is 2.39. The Labute approximate surface area is 329 Å². The average molecular weight is 788 g/mol. The number of imidazole rings is 1. The quantitative estimate of drug-likeness (QED) is 0.110. The van der Waals surface area contributed by atoms with Gasteiger partial charge in [-0.3, -0.25) is 9.59 Å². The van der Waals surface area contributed by atoms with Crippen LogP contribution in [-0.2, 0) is 35.1 Å². The Morgan fingerprint density at radius 1 is 0.911 bits per heavy atom. The Bertz CT molecular complexity index is 1680. The fraction of sp³-hybridized carbons (Fsp3) is 0.561. The molecule has 0 aliphatic carbocycles. The number of carbonyl (C=O) groups is 3. The number of ether oxygens (including phenoxy) is 4. The zero-order valence-corrected chi connectivity index (χ0v) is 33.7. The molecule has 2 aromatic carbocycles. The number of hydrogen-bond acceptors (Lipinski definition) is 9. The van der Waals surface area contributed by atoms with Crippen molar-refractivity contribution in [3.8, 4) is 11.3 Å². The largest absolute Gasteiger partial charge is 0.444 e. The molecular formula is C41H59F2N5O8. The Morgan fingerprint density at radius 3 is 2.16 bits per heavy atom. The van der Waals surface area contributed by atoms with Gasteiger partial charge >= 0.3 is 6.09 Å². The molecule has 0 bridgehead atoms. The Balaban J connectivity index is 1.89. The third-order valence-electron chi connectivity index (χ3n) is 8.34. The van der Waals surface area contributed by atoms with E-state index in [4.69, 9.17) is 23.9 Å². The van der Waals surface area contributed by atoms with Gasteiger partial charge in [-0.2, -0.15) is 0 Å². The van der Waals surface area contributed by atoms with Crippen molar-refractivity contribution in [1.82, 2.24) is 25.1 Å². The van der Waals surface area contributed by atoms with E-state index < -0.39 is 59.2 Å².